The number of aromatic nitrogens is 2. The van der Waals surface area contributed by atoms with Crippen LogP contribution in [-0.4, -0.2) is 21.5 Å². The van der Waals surface area contributed by atoms with Crippen molar-refractivity contribution >= 4 is 11.6 Å². The second kappa shape index (κ2) is 7.62. The van der Waals surface area contributed by atoms with Crippen LogP contribution in [0, 0.1) is 6.92 Å². The van der Waals surface area contributed by atoms with E-state index < -0.39 is 0 Å². The standard InChI is InChI=1S/C21H18N2O2/c1-15-8-10-23-19(11-15)21(25)14-20(24)17-6-4-5-16(12-17)13-18-7-2-3-9-22-18/h2-12H,13-14H2,1H3. The molecule has 0 spiro atoms. The lowest BCUT2D eigenvalue weighted by molar-refractivity contribution is 0.0891. The van der Waals surface area contributed by atoms with Gasteiger partial charge in [0.1, 0.15) is 5.69 Å². The van der Waals surface area contributed by atoms with E-state index in [1.54, 1.807) is 24.5 Å². The number of pyridine rings is 2. The van der Waals surface area contributed by atoms with E-state index in [1.807, 2.05) is 49.4 Å². The molecule has 0 saturated carbocycles. The van der Waals surface area contributed by atoms with Crippen LogP contribution in [0.5, 0.6) is 0 Å². The molecule has 4 nitrogen and oxygen atoms in total. The third-order valence-corrected chi connectivity index (χ3v) is 3.88. The molecule has 1 aromatic carbocycles. The number of benzene rings is 1. The van der Waals surface area contributed by atoms with Crippen molar-refractivity contribution in [3.63, 3.8) is 0 Å². The zero-order chi connectivity index (χ0) is 17.6. The first-order chi connectivity index (χ1) is 12.1. The molecule has 0 bridgehead atoms. The highest BCUT2D eigenvalue weighted by atomic mass is 16.1. The quantitative estimate of drug-likeness (QED) is 0.509. The zero-order valence-corrected chi connectivity index (χ0v) is 14.0. The lowest BCUT2D eigenvalue weighted by Gasteiger charge is -2.05. The van der Waals surface area contributed by atoms with Crippen LogP contribution in [0.25, 0.3) is 0 Å². The lowest BCUT2D eigenvalue weighted by Crippen LogP contribution is -2.10. The monoisotopic (exact) mass is 330 g/mol. The van der Waals surface area contributed by atoms with Crippen molar-refractivity contribution in [2.75, 3.05) is 0 Å². The summed E-state index contributed by atoms with van der Waals surface area (Å²) in [5.74, 6) is -0.458. The van der Waals surface area contributed by atoms with E-state index in [1.165, 1.54) is 0 Å². The van der Waals surface area contributed by atoms with Gasteiger partial charge in [-0.05, 0) is 48.4 Å². The van der Waals surface area contributed by atoms with E-state index in [-0.39, 0.29) is 18.0 Å². The maximum absolute atomic E-state index is 12.5. The van der Waals surface area contributed by atoms with E-state index in [9.17, 15) is 9.59 Å². The van der Waals surface area contributed by atoms with Crippen LogP contribution in [0.2, 0.25) is 0 Å². The van der Waals surface area contributed by atoms with E-state index in [0.29, 0.717) is 17.7 Å². The van der Waals surface area contributed by atoms with Crippen LogP contribution in [0.15, 0.2) is 67.0 Å². The summed E-state index contributed by atoms with van der Waals surface area (Å²) in [6, 6.07) is 16.6. The molecule has 0 atom stereocenters. The molecule has 2 aromatic heterocycles. The van der Waals surface area contributed by atoms with Crippen molar-refractivity contribution in [1.82, 2.24) is 9.97 Å². The summed E-state index contributed by atoms with van der Waals surface area (Å²) in [5, 5.41) is 0. The maximum Gasteiger partial charge on any atom is 0.188 e. The van der Waals surface area contributed by atoms with Gasteiger partial charge in [-0.2, -0.15) is 0 Å². The minimum absolute atomic E-state index is 0.177. The van der Waals surface area contributed by atoms with Gasteiger partial charge >= 0.3 is 0 Å². The number of hydrogen-bond donors (Lipinski definition) is 0. The predicted octanol–water partition coefficient (Wildman–Crippen LogP) is 3.83. The Labute approximate surface area is 146 Å². The van der Waals surface area contributed by atoms with Gasteiger partial charge < -0.3 is 0 Å². The summed E-state index contributed by atoms with van der Waals surface area (Å²) in [7, 11) is 0. The summed E-state index contributed by atoms with van der Waals surface area (Å²) in [6.07, 6.45) is 3.80. The Morgan fingerprint density at radius 1 is 0.880 bits per heavy atom. The average Bonchev–Trinajstić information content (AvgIpc) is 2.63. The van der Waals surface area contributed by atoms with Crippen LogP contribution in [-0.2, 0) is 6.42 Å². The molecule has 2 heterocycles. The second-order valence-corrected chi connectivity index (χ2v) is 5.94. The Bertz CT molecular complexity index is 905. The summed E-state index contributed by atoms with van der Waals surface area (Å²) >= 11 is 0. The van der Waals surface area contributed by atoms with E-state index in [4.69, 9.17) is 0 Å². The molecule has 0 unspecified atom stereocenters. The van der Waals surface area contributed by atoms with E-state index in [0.717, 1.165) is 16.8 Å². The number of nitrogens with zero attached hydrogens (tertiary/aromatic N) is 2. The molecule has 25 heavy (non-hydrogen) atoms. The van der Waals surface area contributed by atoms with Crippen LogP contribution in [0.4, 0.5) is 0 Å². The topological polar surface area (TPSA) is 59.9 Å². The van der Waals surface area contributed by atoms with Crippen molar-refractivity contribution < 1.29 is 9.59 Å². The Kier molecular flexibility index (Phi) is 5.09. The minimum atomic E-state index is -0.260. The van der Waals surface area contributed by atoms with E-state index >= 15 is 0 Å². The van der Waals surface area contributed by atoms with Gasteiger partial charge in [0.15, 0.2) is 11.6 Å². The minimum Gasteiger partial charge on any atom is -0.294 e. The molecule has 124 valence electrons. The molecule has 0 aliphatic heterocycles. The fraction of sp³-hybridized carbons (Fsp3) is 0.143. The average molecular weight is 330 g/mol. The van der Waals surface area contributed by atoms with E-state index in [2.05, 4.69) is 9.97 Å². The van der Waals surface area contributed by atoms with Gasteiger partial charge in [0.25, 0.3) is 0 Å². The summed E-state index contributed by atoms with van der Waals surface area (Å²) < 4.78 is 0. The van der Waals surface area contributed by atoms with Crippen LogP contribution >= 0.6 is 0 Å². The van der Waals surface area contributed by atoms with Crippen LogP contribution in [0.3, 0.4) is 0 Å². The van der Waals surface area contributed by atoms with Gasteiger partial charge in [-0.1, -0.05) is 24.3 Å². The van der Waals surface area contributed by atoms with Crippen molar-refractivity contribution in [1.29, 1.82) is 0 Å². The fourth-order valence-corrected chi connectivity index (χ4v) is 2.59. The Hall–Kier alpha value is -3.14. The number of hydrogen-bond acceptors (Lipinski definition) is 4. The first-order valence-electron chi connectivity index (χ1n) is 8.10. The Morgan fingerprint density at radius 2 is 1.76 bits per heavy atom. The molecular formula is C21H18N2O2. The van der Waals surface area contributed by atoms with Gasteiger partial charge in [0.2, 0.25) is 0 Å². The molecule has 0 radical (unpaired) electrons. The molecule has 0 aliphatic carbocycles. The molecule has 0 N–H and O–H groups in total. The molecule has 3 aromatic rings. The zero-order valence-electron chi connectivity index (χ0n) is 14.0. The van der Waals surface area contributed by atoms with Crippen LogP contribution in [0.1, 0.15) is 44.1 Å². The smallest absolute Gasteiger partial charge is 0.188 e. The largest absolute Gasteiger partial charge is 0.294 e. The van der Waals surface area contributed by atoms with Gasteiger partial charge in [0, 0.05) is 30.1 Å². The van der Waals surface area contributed by atoms with Crippen LogP contribution < -0.4 is 0 Å². The number of ketones is 2. The molecule has 3 rings (SSSR count). The van der Waals surface area contributed by atoms with Crippen molar-refractivity contribution in [2.24, 2.45) is 0 Å². The molecule has 0 saturated heterocycles. The van der Waals surface area contributed by atoms with Crippen molar-refractivity contribution in [3.8, 4) is 0 Å². The third-order valence-electron chi connectivity index (χ3n) is 3.88. The number of Topliss-reactive ketones (excluding diaryl/α,β-unsaturated/α-hetero) is 2. The normalized spacial score (nSPS) is 10.4. The molecule has 0 aliphatic rings. The summed E-state index contributed by atoms with van der Waals surface area (Å²) in [6.45, 7) is 1.89. The summed E-state index contributed by atoms with van der Waals surface area (Å²) in [5.41, 5.74) is 3.74. The highest BCUT2D eigenvalue weighted by molar-refractivity contribution is 6.12. The predicted molar refractivity (Wildman–Crippen MR) is 95.7 cm³/mol. The van der Waals surface area contributed by atoms with Gasteiger partial charge in [-0.3, -0.25) is 19.6 Å². The lowest BCUT2D eigenvalue weighted by atomic mass is 10.00. The molecule has 0 amide bonds. The van der Waals surface area contributed by atoms with Crippen molar-refractivity contribution in [2.45, 2.75) is 19.8 Å². The first kappa shape index (κ1) is 16.7. The summed E-state index contributed by atoms with van der Waals surface area (Å²) in [4.78, 5) is 33.1. The Balaban J connectivity index is 1.72. The van der Waals surface area contributed by atoms with Gasteiger partial charge in [0.05, 0.1) is 6.42 Å². The van der Waals surface area contributed by atoms with Gasteiger partial charge in [-0.25, -0.2) is 0 Å². The first-order valence-corrected chi connectivity index (χ1v) is 8.10. The number of rotatable bonds is 6. The number of carbonyl (C=O) groups excluding carboxylic acids is 2. The van der Waals surface area contributed by atoms with Crippen molar-refractivity contribution in [3.05, 3.63) is 95.1 Å². The fourth-order valence-electron chi connectivity index (χ4n) is 2.59. The molecule has 0 fully saturated rings. The SMILES string of the molecule is Cc1ccnc(C(=O)CC(=O)c2cccc(Cc3ccccn3)c2)c1. The second-order valence-electron chi connectivity index (χ2n) is 5.94. The maximum atomic E-state index is 12.5. The highest BCUT2D eigenvalue weighted by Gasteiger charge is 2.15. The number of carbonyl (C=O) groups is 2. The Morgan fingerprint density at radius 3 is 2.52 bits per heavy atom. The van der Waals surface area contributed by atoms with Gasteiger partial charge in [-0.15, -0.1) is 0 Å². The molecular weight excluding hydrogens is 312 g/mol. The molecule has 4 heteroatoms. The number of aryl methyl sites for hydroxylation is 1. The third kappa shape index (κ3) is 4.44. The highest BCUT2D eigenvalue weighted by Crippen LogP contribution is 2.13.